The van der Waals surface area contributed by atoms with Crippen LogP contribution in [0.1, 0.15) is 5.69 Å². The van der Waals surface area contributed by atoms with Crippen LogP contribution in [0.3, 0.4) is 0 Å². The molecule has 0 radical (unpaired) electrons. The molecule has 0 amide bonds. The van der Waals surface area contributed by atoms with Crippen LogP contribution in [0.4, 0.5) is 0 Å². The maximum absolute atomic E-state index is 9.20. The molecule has 6 heteroatoms. The van der Waals surface area contributed by atoms with E-state index in [1.165, 1.54) is 11.3 Å². The van der Waals surface area contributed by atoms with Crippen LogP contribution in [0.5, 0.6) is 0 Å². The van der Waals surface area contributed by atoms with Gasteiger partial charge < -0.3 is 4.42 Å². The highest BCUT2D eigenvalue weighted by Gasteiger charge is 2.19. The first kappa shape index (κ1) is 12.8. The Hall–Kier alpha value is -2.91. The Balaban J connectivity index is 2.00. The summed E-state index contributed by atoms with van der Waals surface area (Å²) in [5.74, 6) is 0.764. The van der Waals surface area contributed by atoms with Gasteiger partial charge >= 0.3 is 0 Å². The van der Waals surface area contributed by atoms with E-state index in [0.717, 1.165) is 33.4 Å². The molecule has 4 aromatic heterocycles. The van der Waals surface area contributed by atoms with Gasteiger partial charge in [-0.15, -0.1) is 11.3 Å². The summed E-state index contributed by atoms with van der Waals surface area (Å²) in [7, 11) is 0. The van der Waals surface area contributed by atoms with Gasteiger partial charge in [-0.2, -0.15) is 5.26 Å². The van der Waals surface area contributed by atoms with Crippen molar-refractivity contribution in [1.82, 2.24) is 14.4 Å². The summed E-state index contributed by atoms with van der Waals surface area (Å²) in [6.07, 6.45) is 5.40. The molecule has 4 heterocycles. The summed E-state index contributed by atoms with van der Waals surface area (Å²) < 4.78 is 7.49. The summed E-state index contributed by atoms with van der Waals surface area (Å²) in [5.41, 5.74) is 3.49. The zero-order valence-corrected chi connectivity index (χ0v) is 12.2. The van der Waals surface area contributed by atoms with Gasteiger partial charge in [0, 0.05) is 23.3 Å². The Morgan fingerprint density at radius 3 is 3.00 bits per heavy atom. The van der Waals surface area contributed by atoms with Crippen LogP contribution >= 0.6 is 11.3 Å². The first-order chi connectivity index (χ1) is 10.9. The summed E-state index contributed by atoms with van der Waals surface area (Å²) in [4.78, 5) is 9.67. The van der Waals surface area contributed by atoms with Crippen molar-refractivity contribution >= 4 is 16.3 Å². The minimum atomic E-state index is 0.274. The molecule has 0 spiro atoms. The molecule has 106 valence electrons. The van der Waals surface area contributed by atoms with Crippen LogP contribution in [-0.2, 0) is 6.42 Å². The van der Waals surface area contributed by atoms with Crippen molar-refractivity contribution in [3.8, 4) is 28.8 Å². The van der Waals surface area contributed by atoms with Gasteiger partial charge in [-0.3, -0.25) is 9.38 Å². The predicted molar refractivity (Wildman–Crippen MR) is 83.3 cm³/mol. The molecule has 0 aromatic carbocycles. The second-order valence-corrected chi connectivity index (χ2v) is 5.54. The van der Waals surface area contributed by atoms with E-state index in [-0.39, 0.29) is 6.42 Å². The Morgan fingerprint density at radius 2 is 2.27 bits per heavy atom. The van der Waals surface area contributed by atoms with Gasteiger partial charge in [-0.05, 0) is 24.3 Å². The molecule has 5 nitrogen and oxygen atoms in total. The minimum Gasteiger partial charge on any atom is -0.463 e. The number of hydrogen-bond donors (Lipinski definition) is 0. The lowest BCUT2D eigenvalue weighted by Gasteiger charge is -2.02. The van der Waals surface area contributed by atoms with Gasteiger partial charge in [0.25, 0.3) is 0 Å². The summed E-state index contributed by atoms with van der Waals surface area (Å²) in [6, 6.07) is 9.80. The zero-order valence-electron chi connectivity index (χ0n) is 11.4. The molecule has 22 heavy (non-hydrogen) atoms. The van der Waals surface area contributed by atoms with Gasteiger partial charge in [-0.25, -0.2) is 4.98 Å². The molecule has 0 aliphatic heterocycles. The van der Waals surface area contributed by atoms with Crippen molar-refractivity contribution in [3.63, 3.8) is 0 Å². The fraction of sp³-hybridized carbons (Fsp3) is 0.0625. The maximum atomic E-state index is 9.20. The standard InChI is InChI=1S/C16H10N4OS/c17-6-5-12-15(11-3-1-7-18-9-11)19-16-20(12)13(10-22-16)14-4-2-8-21-14/h1-4,7-10H,5H2. The van der Waals surface area contributed by atoms with Crippen molar-refractivity contribution in [3.05, 3.63) is 54.0 Å². The van der Waals surface area contributed by atoms with Crippen molar-refractivity contribution in [2.24, 2.45) is 0 Å². The Bertz CT molecular complexity index is 961. The second-order valence-electron chi connectivity index (χ2n) is 4.70. The smallest absolute Gasteiger partial charge is 0.195 e. The number of hydrogen-bond acceptors (Lipinski definition) is 5. The lowest BCUT2D eigenvalue weighted by molar-refractivity contribution is 0.579. The van der Waals surface area contributed by atoms with Crippen LogP contribution in [0, 0.1) is 11.3 Å². The molecule has 0 unspecified atom stereocenters. The molecular formula is C16H10N4OS. The molecule has 0 N–H and O–H groups in total. The van der Waals surface area contributed by atoms with E-state index in [9.17, 15) is 5.26 Å². The quantitative estimate of drug-likeness (QED) is 0.577. The number of thiazole rings is 1. The summed E-state index contributed by atoms with van der Waals surface area (Å²) >= 11 is 1.53. The second kappa shape index (κ2) is 5.13. The Morgan fingerprint density at radius 1 is 1.32 bits per heavy atom. The molecule has 4 rings (SSSR count). The van der Waals surface area contributed by atoms with Gasteiger partial charge in [-0.1, -0.05) is 0 Å². The third-order valence-electron chi connectivity index (χ3n) is 3.41. The number of aromatic nitrogens is 3. The van der Waals surface area contributed by atoms with Gasteiger partial charge in [0.2, 0.25) is 0 Å². The topological polar surface area (TPSA) is 67.1 Å². The number of rotatable bonds is 3. The van der Waals surface area contributed by atoms with Crippen LogP contribution in [-0.4, -0.2) is 14.4 Å². The number of pyridine rings is 1. The predicted octanol–water partition coefficient (Wildman–Crippen LogP) is 3.78. The third kappa shape index (κ3) is 1.91. The molecule has 0 aliphatic rings. The van der Waals surface area contributed by atoms with Crippen LogP contribution in [0.25, 0.3) is 27.7 Å². The highest BCUT2D eigenvalue weighted by Crippen LogP contribution is 2.33. The van der Waals surface area contributed by atoms with Crippen molar-refractivity contribution in [1.29, 1.82) is 5.26 Å². The average molecular weight is 306 g/mol. The summed E-state index contributed by atoms with van der Waals surface area (Å²) in [5, 5.41) is 11.2. The largest absolute Gasteiger partial charge is 0.463 e. The first-order valence-corrected chi connectivity index (χ1v) is 7.56. The Labute approximate surface area is 130 Å². The normalized spacial score (nSPS) is 10.9. The van der Waals surface area contributed by atoms with Gasteiger partial charge in [0.05, 0.1) is 30.1 Å². The molecule has 0 saturated heterocycles. The van der Waals surface area contributed by atoms with E-state index in [1.807, 2.05) is 34.0 Å². The molecule has 0 aliphatic carbocycles. The number of fused-ring (bicyclic) bond motifs is 1. The highest BCUT2D eigenvalue weighted by atomic mass is 32.1. The zero-order chi connectivity index (χ0) is 14.9. The molecule has 0 fully saturated rings. The maximum Gasteiger partial charge on any atom is 0.195 e. The van der Waals surface area contributed by atoms with Crippen LogP contribution in [0.2, 0.25) is 0 Å². The van der Waals surface area contributed by atoms with E-state index >= 15 is 0 Å². The number of furan rings is 1. The van der Waals surface area contributed by atoms with Crippen molar-refractivity contribution < 1.29 is 4.42 Å². The van der Waals surface area contributed by atoms with Crippen LogP contribution < -0.4 is 0 Å². The van der Waals surface area contributed by atoms with Crippen LogP contribution in [0.15, 0.2) is 52.7 Å². The first-order valence-electron chi connectivity index (χ1n) is 6.68. The lowest BCUT2D eigenvalue weighted by atomic mass is 10.1. The van der Waals surface area contributed by atoms with E-state index in [4.69, 9.17) is 4.42 Å². The Kier molecular flexibility index (Phi) is 2.99. The minimum absolute atomic E-state index is 0.274. The third-order valence-corrected chi connectivity index (χ3v) is 4.24. The monoisotopic (exact) mass is 306 g/mol. The lowest BCUT2D eigenvalue weighted by Crippen LogP contribution is -1.94. The van der Waals surface area contributed by atoms with Gasteiger partial charge in [0.15, 0.2) is 10.7 Å². The van der Waals surface area contributed by atoms with E-state index in [2.05, 4.69) is 16.0 Å². The van der Waals surface area contributed by atoms with E-state index in [0.29, 0.717) is 0 Å². The molecular weight excluding hydrogens is 296 g/mol. The molecule has 0 atom stereocenters. The SMILES string of the molecule is N#CCc1c(-c2cccnc2)nc2scc(-c3ccco3)n12. The summed E-state index contributed by atoms with van der Waals surface area (Å²) in [6.45, 7) is 0. The fourth-order valence-corrected chi connectivity index (χ4v) is 3.38. The number of imidazole rings is 1. The molecule has 0 saturated carbocycles. The number of nitrogens with zero attached hydrogens (tertiary/aromatic N) is 4. The van der Waals surface area contributed by atoms with E-state index < -0.39 is 0 Å². The molecule has 4 aromatic rings. The van der Waals surface area contributed by atoms with Gasteiger partial charge in [0.1, 0.15) is 5.69 Å². The van der Waals surface area contributed by atoms with Crippen molar-refractivity contribution in [2.75, 3.05) is 0 Å². The number of nitriles is 1. The highest BCUT2D eigenvalue weighted by molar-refractivity contribution is 7.15. The van der Waals surface area contributed by atoms with Crippen molar-refractivity contribution in [2.45, 2.75) is 6.42 Å². The fourth-order valence-electron chi connectivity index (χ4n) is 2.48. The van der Waals surface area contributed by atoms with E-state index in [1.54, 1.807) is 18.7 Å². The molecule has 0 bridgehead atoms. The average Bonchev–Trinajstić information content (AvgIpc) is 3.25.